The van der Waals surface area contributed by atoms with Crippen molar-refractivity contribution in [1.29, 1.82) is 0 Å². The van der Waals surface area contributed by atoms with Crippen molar-refractivity contribution in [2.24, 2.45) is 0 Å². The van der Waals surface area contributed by atoms with Crippen molar-refractivity contribution in [1.82, 2.24) is 10.3 Å². The number of rotatable bonds is 6. The summed E-state index contributed by atoms with van der Waals surface area (Å²) in [6.45, 7) is -1.36. The molecule has 1 aromatic heterocycles. The molecule has 2 aromatic carbocycles. The van der Waals surface area contributed by atoms with Crippen molar-refractivity contribution in [3.05, 3.63) is 71.2 Å². The minimum absolute atomic E-state index is 0.184. The Morgan fingerprint density at radius 1 is 1.00 bits per heavy atom. The zero-order valence-corrected chi connectivity index (χ0v) is 15.8. The van der Waals surface area contributed by atoms with Crippen molar-refractivity contribution in [2.75, 3.05) is 11.9 Å². The van der Waals surface area contributed by atoms with Gasteiger partial charge >= 0.3 is 6.18 Å². The van der Waals surface area contributed by atoms with Crippen molar-refractivity contribution in [3.8, 4) is 10.6 Å². The van der Waals surface area contributed by atoms with E-state index in [-0.39, 0.29) is 18.0 Å². The molecule has 29 heavy (non-hydrogen) atoms. The van der Waals surface area contributed by atoms with Gasteiger partial charge in [0.15, 0.2) is 0 Å². The summed E-state index contributed by atoms with van der Waals surface area (Å²) in [6, 6.07) is 15.8. The predicted molar refractivity (Wildman–Crippen MR) is 105 cm³/mol. The van der Waals surface area contributed by atoms with Crippen LogP contribution in [0.5, 0.6) is 0 Å². The summed E-state index contributed by atoms with van der Waals surface area (Å²) >= 11 is 1.36. The van der Waals surface area contributed by atoms with Crippen LogP contribution >= 0.6 is 11.3 Å². The number of carbonyl (C=O) groups excluding carboxylic acids is 2. The van der Waals surface area contributed by atoms with Crippen LogP contribution in [-0.4, -0.2) is 29.5 Å². The molecule has 3 aromatic rings. The number of alkyl halides is 3. The summed E-state index contributed by atoms with van der Waals surface area (Å²) in [7, 11) is 0. The maximum atomic E-state index is 12.4. The second-order valence-electron chi connectivity index (χ2n) is 6.12. The molecule has 0 bridgehead atoms. The van der Waals surface area contributed by atoms with Gasteiger partial charge < -0.3 is 10.6 Å². The molecular weight excluding hydrogens is 403 g/mol. The number of thiazole rings is 1. The first kappa shape index (κ1) is 20.5. The van der Waals surface area contributed by atoms with Crippen LogP contribution in [0.3, 0.4) is 0 Å². The molecular formula is C20H16F3N3O2S. The average molecular weight is 419 g/mol. The average Bonchev–Trinajstić information content (AvgIpc) is 3.19. The van der Waals surface area contributed by atoms with Gasteiger partial charge in [0.2, 0.25) is 5.91 Å². The molecule has 0 spiro atoms. The number of hydrogen-bond donors (Lipinski definition) is 2. The highest BCUT2D eigenvalue weighted by Crippen LogP contribution is 2.23. The number of aromatic nitrogens is 1. The highest BCUT2D eigenvalue weighted by Gasteiger charge is 2.27. The van der Waals surface area contributed by atoms with Crippen LogP contribution in [0, 0.1) is 0 Å². The van der Waals surface area contributed by atoms with Crippen LogP contribution in [0.15, 0.2) is 60.0 Å². The maximum absolute atomic E-state index is 12.4. The SMILES string of the molecule is O=C(Cc1ccc(NC(=O)c2csc(-c3ccccc3)n2)cc1)NCC(F)(F)F. The molecule has 0 aliphatic heterocycles. The fourth-order valence-corrected chi connectivity index (χ4v) is 3.25. The number of anilines is 1. The van der Waals surface area contributed by atoms with Crippen LogP contribution < -0.4 is 10.6 Å². The lowest BCUT2D eigenvalue weighted by Gasteiger charge is -2.09. The second-order valence-corrected chi connectivity index (χ2v) is 6.98. The lowest BCUT2D eigenvalue weighted by atomic mass is 10.1. The standard InChI is InChI=1S/C20H16F3N3O2S/c21-20(22,23)12-24-17(27)10-13-6-8-15(9-7-13)25-18(28)16-11-29-19(26-16)14-4-2-1-3-5-14/h1-9,11H,10,12H2,(H,24,27)(H,25,28). The highest BCUT2D eigenvalue weighted by molar-refractivity contribution is 7.13. The zero-order chi connectivity index (χ0) is 20.9. The zero-order valence-electron chi connectivity index (χ0n) is 15.0. The van der Waals surface area contributed by atoms with Gasteiger partial charge in [-0.15, -0.1) is 11.3 Å². The summed E-state index contributed by atoms with van der Waals surface area (Å²) in [4.78, 5) is 28.2. The molecule has 0 radical (unpaired) electrons. The molecule has 3 rings (SSSR count). The van der Waals surface area contributed by atoms with Crippen molar-refractivity contribution >= 4 is 28.8 Å². The highest BCUT2D eigenvalue weighted by atomic mass is 32.1. The summed E-state index contributed by atoms with van der Waals surface area (Å²) < 4.78 is 36.3. The van der Waals surface area contributed by atoms with Gasteiger partial charge in [-0.05, 0) is 17.7 Å². The molecule has 0 unspecified atom stereocenters. The van der Waals surface area contributed by atoms with E-state index >= 15 is 0 Å². The number of hydrogen-bond acceptors (Lipinski definition) is 4. The Kier molecular flexibility index (Phi) is 6.28. The van der Waals surface area contributed by atoms with E-state index in [4.69, 9.17) is 0 Å². The third-order valence-electron chi connectivity index (χ3n) is 3.82. The van der Waals surface area contributed by atoms with E-state index in [0.717, 1.165) is 10.6 Å². The Balaban J connectivity index is 1.56. The van der Waals surface area contributed by atoms with Crippen LogP contribution in [0.4, 0.5) is 18.9 Å². The van der Waals surface area contributed by atoms with Gasteiger partial charge in [-0.3, -0.25) is 9.59 Å². The van der Waals surface area contributed by atoms with E-state index in [0.29, 0.717) is 11.3 Å². The molecule has 9 heteroatoms. The van der Waals surface area contributed by atoms with Crippen molar-refractivity contribution < 1.29 is 22.8 Å². The Bertz CT molecular complexity index is 986. The smallest absolute Gasteiger partial charge is 0.347 e. The molecule has 0 saturated heterocycles. The largest absolute Gasteiger partial charge is 0.405 e. The van der Waals surface area contributed by atoms with E-state index in [1.807, 2.05) is 35.6 Å². The van der Waals surface area contributed by atoms with Crippen molar-refractivity contribution in [2.45, 2.75) is 12.6 Å². The topological polar surface area (TPSA) is 71.1 Å². The molecule has 0 atom stereocenters. The lowest BCUT2D eigenvalue weighted by Crippen LogP contribution is -2.34. The first-order valence-corrected chi connectivity index (χ1v) is 9.43. The van der Waals surface area contributed by atoms with Gasteiger partial charge in [0.05, 0.1) is 6.42 Å². The minimum atomic E-state index is -4.44. The Morgan fingerprint density at radius 3 is 2.34 bits per heavy atom. The maximum Gasteiger partial charge on any atom is 0.405 e. The van der Waals surface area contributed by atoms with E-state index in [1.54, 1.807) is 29.6 Å². The molecule has 0 saturated carbocycles. The first-order valence-electron chi connectivity index (χ1n) is 8.55. The van der Waals surface area contributed by atoms with Crippen molar-refractivity contribution in [3.63, 3.8) is 0 Å². The van der Waals surface area contributed by atoms with Gasteiger partial charge in [-0.1, -0.05) is 42.5 Å². The number of nitrogens with one attached hydrogen (secondary N) is 2. The minimum Gasteiger partial charge on any atom is -0.347 e. The van der Waals surface area contributed by atoms with Crippen LogP contribution in [0.1, 0.15) is 16.1 Å². The summed E-state index contributed by atoms with van der Waals surface area (Å²) in [5, 5.41) is 6.92. The second kappa shape index (κ2) is 8.87. The third kappa shape index (κ3) is 6.15. The lowest BCUT2D eigenvalue weighted by molar-refractivity contribution is -0.138. The predicted octanol–water partition coefficient (Wildman–Crippen LogP) is 4.28. The van der Waals surface area contributed by atoms with Gasteiger partial charge in [-0.25, -0.2) is 4.98 Å². The van der Waals surface area contributed by atoms with Gasteiger partial charge in [0.25, 0.3) is 5.91 Å². The summed E-state index contributed by atoms with van der Waals surface area (Å²) in [5.74, 6) is -1.10. The monoisotopic (exact) mass is 419 g/mol. The molecule has 5 nitrogen and oxygen atoms in total. The van der Waals surface area contributed by atoms with Crippen LogP contribution in [0.25, 0.3) is 10.6 Å². The normalized spacial score (nSPS) is 11.1. The molecule has 150 valence electrons. The Labute approximate surface area is 168 Å². The molecule has 2 amide bonds. The third-order valence-corrected chi connectivity index (χ3v) is 4.71. The number of benzene rings is 2. The van der Waals surface area contributed by atoms with Gasteiger partial charge in [0.1, 0.15) is 17.2 Å². The quantitative estimate of drug-likeness (QED) is 0.626. The van der Waals surface area contributed by atoms with Crippen LogP contribution in [0.2, 0.25) is 0 Å². The Hall–Kier alpha value is -3.20. The fraction of sp³-hybridized carbons (Fsp3) is 0.150. The van der Waals surface area contributed by atoms with E-state index < -0.39 is 18.6 Å². The van der Waals surface area contributed by atoms with Crippen LogP contribution in [-0.2, 0) is 11.2 Å². The molecule has 2 N–H and O–H groups in total. The fourth-order valence-electron chi connectivity index (χ4n) is 2.44. The van der Waals surface area contributed by atoms with Gasteiger partial charge in [0, 0.05) is 16.6 Å². The molecule has 0 fully saturated rings. The molecule has 0 aliphatic carbocycles. The first-order chi connectivity index (χ1) is 13.8. The number of nitrogens with zero attached hydrogens (tertiary/aromatic N) is 1. The molecule has 1 heterocycles. The van der Waals surface area contributed by atoms with E-state index in [1.165, 1.54) is 11.3 Å². The Morgan fingerprint density at radius 2 is 1.69 bits per heavy atom. The van der Waals surface area contributed by atoms with Gasteiger partial charge in [-0.2, -0.15) is 13.2 Å². The number of amides is 2. The number of carbonyl (C=O) groups is 2. The number of halogens is 3. The summed E-state index contributed by atoms with van der Waals surface area (Å²) in [6.07, 6.45) is -4.63. The van der Waals surface area contributed by atoms with E-state index in [9.17, 15) is 22.8 Å². The summed E-state index contributed by atoms with van der Waals surface area (Å²) in [5.41, 5.74) is 2.22. The van der Waals surface area contributed by atoms with E-state index in [2.05, 4.69) is 10.3 Å². The molecule has 0 aliphatic rings.